The van der Waals surface area contributed by atoms with E-state index in [9.17, 15) is 14.9 Å². The Bertz CT molecular complexity index is 304. The monoisotopic (exact) mass is 213 g/mol. The summed E-state index contributed by atoms with van der Waals surface area (Å²) < 4.78 is 5.15. The van der Waals surface area contributed by atoms with E-state index in [0.29, 0.717) is 6.42 Å². The molecule has 0 spiro atoms. The molecule has 2 fully saturated rings. The first-order valence-electron chi connectivity index (χ1n) is 5.33. The maximum Gasteiger partial charge on any atom is 0.306 e. The van der Waals surface area contributed by atoms with Crippen molar-refractivity contribution >= 4 is 5.97 Å². The number of hydrogen-bond acceptors (Lipinski definition) is 4. The second-order valence-electron chi connectivity index (χ2n) is 4.71. The van der Waals surface area contributed by atoms with Crippen molar-refractivity contribution in [2.24, 2.45) is 17.8 Å². The molecule has 1 saturated heterocycles. The molecular weight excluding hydrogens is 198 g/mol. The number of esters is 1. The molecule has 0 aromatic carbocycles. The van der Waals surface area contributed by atoms with E-state index in [1.165, 1.54) is 0 Å². The van der Waals surface area contributed by atoms with E-state index in [1.807, 2.05) is 6.92 Å². The van der Waals surface area contributed by atoms with Crippen LogP contribution in [-0.2, 0) is 9.53 Å². The third-order valence-corrected chi connectivity index (χ3v) is 3.81. The lowest BCUT2D eigenvalue weighted by Gasteiger charge is -2.20. The first-order valence-corrected chi connectivity index (χ1v) is 5.33. The van der Waals surface area contributed by atoms with Crippen molar-refractivity contribution in [2.75, 3.05) is 0 Å². The van der Waals surface area contributed by atoms with Gasteiger partial charge in [0.15, 0.2) is 0 Å². The van der Waals surface area contributed by atoms with Gasteiger partial charge in [-0.3, -0.25) is 14.9 Å². The van der Waals surface area contributed by atoms with Crippen LogP contribution >= 0.6 is 0 Å². The number of ether oxygens (including phenoxy) is 1. The summed E-state index contributed by atoms with van der Waals surface area (Å²) in [5, 5.41) is 10.8. The van der Waals surface area contributed by atoms with E-state index in [1.54, 1.807) is 6.92 Å². The quantitative estimate of drug-likeness (QED) is 0.393. The summed E-state index contributed by atoms with van der Waals surface area (Å²) >= 11 is 0. The van der Waals surface area contributed by atoms with Crippen LogP contribution in [0.25, 0.3) is 0 Å². The second kappa shape index (κ2) is 3.47. The van der Waals surface area contributed by atoms with Crippen LogP contribution in [0.3, 0.4) is 0 Å². The molecule has 2 rings (SSSR count). The largest absolute Gasteiger partial charge is 0.462 e. The van der Waals surface area contributed by atoms with Gasteiger partial charge in [-0.25, -0.2) is 0 Å². The highest BCUT2D eigenvalue weighted by atomic mass is 16.6. The Morgan fingerprint density at radius 2 is 2.27 bits per heavy atom. The minimum absolute atomic E-state index is 0.0172. The fourth-order valence-corrected chi connectivity index (χ4v) is 3.15. The lowest BCUT2D eigenvalue weighted by molar-refractivity contribution is -0.530. The molecule has 0 radical (unpaired) electrons. The summed E-state index contributed by atoms with van der Waals surface area (Å²) in [6.07, 6.45) is 1.07. The van der Waals surface area contributed by atoms with E-state index in [-0.39, 0.29) is 34.8 Å². The third kappa shape index (κ3) is 1.60. The summed E-state index contributed by atoms with van der Waals surface area (Å²) in [6.45, 7) is 3.64. The zero-order chi connectivity index (χ0) is 11.2. The molecule has 0 aromatic heterocycles. The minimum Gasteiger partial charge on any atom is -0.462 e. The number of carbonyl (C=O) groups is 1. The fraction of sp³-hybridized carbons (Fsp3) is 0.900. The van der Waals surface area contributed by atoms with Crippen molar-refractivity contribution in [3.63, 3.8) is 0 Å². The normalized spacial score (nSPS) is 41.1. The first kappa shape index (κ1) is 10.4. The summed E-state index contributed by atoms with van der Waals surface area (Å²) in [6, 6.07) is -0.579. The zero-order valence-electron chi connectivity index (χ0n) is 8.88. The molecule has 0 amide bonds. The van der Waals surface area contributed by atoms with Crippen LogP contribution in [0.2, 0.25) is 0 Å². The van der Waals surface area contributed by atoms with Crippen molar-refractivity contribution in [1.82, 2.24) is 0 Å². The topological polar surface area (TPSA) is 69.4 Å². The Labute approximate surface area is 87.9 Å². The van der Waals surface area contributed by atoms with Crippen LogP contribution < -0.4 is 0 Å². The Morgan fingerprint density at radius 3 is 2.87 bits per heavy atom. The Kier molecular flexibility index (Phi) is 2.40. The number of nitro groups is 1. The highest BCUT2D eigenvalue weighted by Crippen LogP contribution is 2.46. The number of rotatable bonds is 2. The van der Waals surface area contributed by atoms with Crippen molar-refractivity contribution < 1.29 is 14.5 Å². The molecule has 84 valence electrons. The number of hydrogen-bond donors (Lipinski definition) is 0. The van der Waals surface area contributed by atoms with Gasteiger partial charge in [-0.05, 0) is 12.3 Å². The van der Waals surface area contributed by atoms with E-state index >= 15 is 0 Å². The summed E-state index contributed by atoms with van der Waals surface area (Å²) in [5.41, 5.74) is 0. The van der Waals surface area contributed by atoms with Crippen LogP contribution in [-0.4, -0.2) is 23.0 Å². The van der Waals surface area contributed by atoms with Gasteiger partial charge >= 0.3 is 5.97 Å². The molecule has 1 saturated carbocycles. The Balaban J connectivity index is 2.16. The highest BCUT2D eigenvalue weighted by Gasteiger charge is 2.53. The molecule has 1 heterocycles. The van der Waals surface area contributed by atoms with E-state index in [4.69, 9.17) is 4.74 Å². The molecule has 0 bridgehead atoms. The second-order valence-corrected chi connectivity index (χ2v) is 4.71. The van der Waals surface area contributed by atoms with Gasteiger partial charge in [0.1, 0.15) is 6.10 Å². The van der Waals surface area contributed by atoms with Crippen molar-refractivity contribution in [3.8, 4) is 0 Å². The lowest BCUT2D eigenvalue weighted by Crippen LogP contribution is -2.32. The molecule has 1 aliphatic heterocycles. The predicted molar refractivity (Wildman–Crippen MR) is 51.7 cm³/mol. The maximum absolute atomic E-state index is 11.1. The van der Waals surface area contributed by atoms with Gasteiger partial charge in [0.2, 0.25) is 6.04 Å². The highest BCUT2D eigenvalue weighted by molar-refractivity contribution is 5.72. The van der Waals surface area contributed by atoms with E-state index in [2.05, 4.69) is 0 Å². The van der Waals surface area contributed by atoms with Gasteiger partial charge in [-0.2, -0.15) is 0 Å². The summed E-state index contributed by atoms with van der Waals surface area (Å²) in [4.78, 5) is 21.6. The average molecular weight is 213 g/mol. The van der Waals surface area contributed by atoms with Crippen molar-refractivity contribution in [3.05, 3.63) is 10.1 Å². The molecular formula is C10H15NO4. The summed E-state index contributed by atoms with van der Waals surface area (Å²) in [5.74, 6) is 0.121. The lowest BCUT2D eigenvalue weighted by atomic mass is 9.83. The SMILES string of the molecule is CC([C@@H]1[C@H]2CC(=O)O[C@H]2C[C@H]1C)[N+](=O)[O-]. The molecule has 1 unspecified atom stereocenters. The van der Waals surface area contributed by atoms with Crippen LogP contribution in [0.4, 0.5) is 0 Å². The third-order valence-electron chi connectivity index (χ3n) is 3.81. The van der Waals surface area contributed by atoms with E-state index < -0.39 is 6.04 Å². The molecule has 5 nitrogen and oxygen atoms in total. The summed E-state index contributed by atoms with van der Waals surface area (Å²) in [7, 11) is 0. The molecule has 15 heavy (non-hydrogen) atoms. The predicted octanol–water partition coefficient (Wildman–Crippen LogP) is 1.24. The number of nitrogens with zero attached hydrogens (tertiary/aromatic N) is 1. The number of fused-ring (bicyclic) bond motifs is 1. The van der Waals surface area contributed by atoms with Crippen molar-refractivity contribution in [1.29, 1.82) is 0 Å². The fourth-order valence-electron chi connectivity index (χ4n) is 3.15. The van der Waals surface area contributed by atoms with Gasteiger partial charge in [0.25, 0.3) is 0 Å². The standard InChI is InChI=1S/C10H15NO4/c1-5-3-8-7(4-9(12)15-8)10(5)6(2)11(13)14/h5-8,10H,3-4H2,1-2H3/t5-,6?,7+,8+,10-/m1/s1. The molecule has 2 aliphatic rings. The van der Waals surface area contributed by atoms with Crippen LogP contribution in [0, 0.1) is 27.9 Å². The van der Waals surface area contributed by atoms with Crippen LogP contribution in [0.1, 0.15) is 26.7 Å². The molecule has 5 atom stereocenters. The van der Waals surface area contributed by atoms with Gasteiger partial charge in [-0.1, -0.05) is 6.92 Å². The maximum atomic E-state index is 11.1. The smallest absolute Gasteiger partial charge is 0.306 e. The van der Waals surface area contributed by atoms with Crippen LogP contribution in [0.15, 0.2) is 0 Å². The van der Waals surface area contributed by atoms with Gasteiger partial charge in [0.05, 0.1) is 6.42 Å². The van der Waals surface area contributed by atoms with E-state index in [0.717, 1.165) is 6.42 Å². The van der Waals surface area contributed by atoms with Crippen molar-refractivity contribution in [2.45, 2.75) is 38.8 Å². The molecule has 0 aromatic rings. The minimum atomic E-state index is -0.579. The Morgan fingerprint density at radius 1 is 1.60 bits per heavy atom. The zero-order valence-corrected chi connectivity index (χ0v) is 8.88. The van der Waals surface area contributed by atoms with Gasteiger partial charge in [-0.15, -0.1) is 0 Å². The van der Waals surface area contributed by atoms with Gasteiger partial charge in [0, 0.05) is 23.7 Å². The van der Waals surface area contributed by atoms with Crippen LogP contribution in [0.5, 0.6) is 0 Å². The van der Waals surface area contributed by atoms with Gasteiger partial charge < -0.3 is 4.74 Å². The molecule has 0 N–H and O–H groups in total. The number of carbonyl (C=O) groups excluding carboxylic acids is 1. The average Bonchev–Trinajstić information content (AvgIpc) is 2.58. The first-order chi connectivity index (χ1) is 7.00. The Hall–Kier alpha value is -1.13. The molecule has 5 heteroatoms. The molecule has 1 aliphatic carbocycles.